The fraction of sp³-hybridized carbons (Fsp3) is 0.688. The van der Waals surface area contributed by atoms with Crippen molar-refractivity contribution in [2.24, 2.45) is 5.92 Å². The maximum absolute atomic E-state index is 4.21. The van der Waals surface area contributed by atoms with Gasteiger partial charge in [-0.15, -0.1) is 0 Å². The summed E-state index contributed by atoms with van der Waals surface area (Å²) in [5.41, 5.74) is 2.64. The molecule has 3 nitrogen and oxygen atoms in total. The molecule has 1 aromatic rings. The number of likely N-dealkylation sites (tertiary alicyclic amines) is 1. The molecular formula is C16H27N3. The molecule has 1 aliphatic heterocycles. The highest BCUT2D eigenvalue weighted by molar-refractivity contribution is 5.21. The van der Waals surface area contributed by atoms with Crippen LogP contribution in [-0.2, 0) is 6.54 Å². The highest BCUT2D eigenvalue weighted by Crippen LogP contribution is 2.19. The Hall–Kier alpha value is -0.930. The van der Waals surface area contributed by atoms with Gasteiger partial charge in [-0.05, 0) is 62.9 Å². The van der Waals surface area contributed by atoms with E-state index in [1.54, 1.807) is 0 Å². The number of piperidine rings is 1. The van der Waals surface area contributed by atoms with Crippen LogP contribution in [0.25, 0.3) is 0 Å². The van der Waals surface area contributed by atoms with E-state index in [-0.39, 0.29) is 0 Å². The third kappa shape index (κ3) is 4.02. The molecule has 0 radical (unpaired) electrons. The Morgan fingerprint density at radius 2 is 2.37 bits per heavy atom. The Morgan fingerprint density at radius 1 is 1.53 bits per heavy atom. The topological polar surface area (TPSA) is 28.2 Å². The van der Waals surface area contributed by atoms with E-state index in [4.69, 9.17) is 0 Å². The zero-order chi connectivity index (χ0) is 13.7. The van der Waals surface area contributed by atoms with Gasteiger partial charge in [-0.3, -0.25) is 4.98 Å². The smallest absolute Gasteiger partial charge is 0.0315 e. The Kier molecular flexibility index (Phi) is 5.34. The molecule has 19 heavy (non-hydrogen) atoms. The molecule has 1 saturated heterocycles. The van der Waals surface area contributed by atoms with Crippen molar-refractivity contribution < 1.29 is 0 Å². The average molecular weight is 261 g/mol. The van der Waals surface area contributed by atoms with Gasteiger partial charge in [0.25, 0.3) is 0 Å². The van der Waals surface area contributed by atoms with Crippen LogP contribution in [0.4, 0.5) is 0 Å². The summed E-state index contributed by atoms with van der Waals surface area (Å²) < 4.78 is 0. The Balaban J connectivity index is 1.84. The maximum atomic E-state index is 4.21. The summed E-state index contributed by atoms with van der Waals surface area (Å²) in [6, 6.07) is 2.66. The fourth-order valence-electron chi connectivity index (χ4n) is 2.91. The number of aromatic nitrogens is 1. The number of hydrogen-bond acceptors (Lipinski definition) is 3. The van der Waals surface area contributed by atoms with Gasteiger partial charge < -0.3 is 10.2 Å². The van der Waals surface area contributed by atoms with Crippen LogP contribution in [0.15, 0.2) is 18.5 Å². The van der Waals surface area contributed by atoms with Crippen molar-refractivity contribution >= 4 is 0 Å². The molecule has 1 aliphatic rings. The summed E-state index contributed by atoms with van der Waals surface area (Å²) in [6.45, 7) is 11.4. The van der Waals surface area contributed by atoms with Crippen molar-refractivity contribution in [2.45, 2.75) is 46.2 Å². The van der Waals surface area contributed by atoms with E-state index < -0.39 is 0 Å². The first-order valence-electron chi connectivity index (χ1n) is 7.56. The monoisotopic (exact) mass is 261 g/mol. The molecular weight excluding hydrogens is 234 g/mol. The largest absolute Gasteiger partial charge is 0.310 e. The van der Waals surface area contributed by atoms with Gasteiger partial charge in [-0.2, -0.15) is 0 Å². The molecule has 106 valence electrons. The molecule has 2 unspecified atom stereocenters. The molecule has 0 amide bonds. The zero-order valence-electron chi connectivity index (χ0n) is 12.5. The highest BCUT2D eigenvalue weighted by Gasteiger charge is 2.23. The first kappa shape index (κ1) is 14.5. The van der Waals surface area contributed by atoms with Crippen molar-refractivity contribution in [3.8, 4) is 0 Å². The van der Waals surface area contributed by atoms with Gasteiger partial charge in [0.15, 0.2) is 0 Å². The van der Waals surface area contributed by atoms with Crippen molar-refractivity contribution in [2.75, 3.05) is 19.6 Å². The minimum absolute atomic E-state index is 0.578. The number of pyridine rings is 1. The second-order valence-corrected chi connectivity index (χ2v) is 5.77. The molecule has 0 aromatic carbocycles. The van der Waals surface area contributed by atoms with Crippen molar-refractivity contribution in [3.63, 3.8) is 0 Å². The Morgan fingerprint density at radius 3 is 3.11 bits per heavy atom. The molecule has 0 saturated carbocycles. The SMILES string of the molecule is CCN1CCCC(C(C)NCc2cnccc2C)C1. The van der Waals surface area contributed by atoms with Crippen LogP contribution < -0.4 is 5.32 Å². The molecule has 2 heterocycles. The van der Waals surface area contributed by atoms with Crippen LogP contribution in [0.3, 0.4) is 0 Å². The third-order valence-corrected chi connectivity index (χ3v) is 4.46. The fourth-order valence-corrected chi connectivity index (χ4v) is 2.91. The van der Waals surface area contributed by atoms with E-state index in [1.807, 2.05) is 12.4 Å². The summed E-state index contributed by atoms with van der Waals surface area (Å²) in [6.07, 6.45) is 6.55. The molecule has 2 rings (SSSR count). The maximum Gasteiger partial charge on any atom is 0.0315 e. The number of nitrogens with zero attached hydrogens (tertiary/aromatic N) is 2. The summed E-state index contributed by atoms with van der Waals surface area (Å²) in [5, 5.41) is 3.69. The summed E-state index contributed by atoms with van der Waals surface area (Å²) in [4.78, 5) is 6.78. The first-order chi connectivity index (χ1) is 9.20. The van der Waals surface area contributed by atoms with Gasteiger partial charge in [0.2, 0.25) is 0 Å². The lowest BCUT2D eigenvalue weighted by molar-refractivity contribution is 0.157. The molecule has 0 bridgehead atoms. The molecule has 1 aromatic heterocycles. The van der Waals surface area contributed by atoms with Gasteiger partial charge >= 0.3 is 0 Å². The van der Waals surface area contributed by atoms with Gasteiger partial charge in [0.05, 0.1) is 0 Å². The predicted octanol–water partition coefficient (Wildman–Crippen LogP) is 2.60. The normalized spacial score (nSPS) is 22.4. The van der Waals surface area contributed by atoms with Crippen molar-refractivity contribution in [1.82, 2.24) is 15.2 Å². The summed E-state index contributed by atoms with van der Waals surface area (Å²) in [7, 11) is 0. The molecule has 0 spiro atoms. The van der Waals surface area contributed by atoms with Crippen molar-refractivity contribution in [1.29, 1.82) is 0 Å². The lowest BCUT2D eigenvalue weighted by Gasteiger charge is -2.35. The van der Waals surface area contributed by atoms with Crippen LogP contribution in [-0.4, -0.2) is 35.6 Å². The van der Waals surface area contributed by atoms with Crippen LogP contribution in [0.5, 0.6) is 0 Å². The van der Waals surface area contributed by atoms with E-state index in [0.29, 0.717) is 6.04 Å². The van der Waals surface area contributed by atoms with E-state index in [1.165, 1.54) is 43.6 Å². The van der Waals surface area contributed by atoms with Gasteiger partial charge in [-0.25, -0.2) is 0 Å². The van der Waals surface area contributed by atoms with Crippen LogP contribution >= 0.6 is 0 Å². The van der Waals surface area contributed by atoms with Crippen molar-refractivity contribution in [3.05, 3.63) is 29.6 Å². The van der Waals surface area contributed by atoms with E-state index in [0.717, 1.165) is 12.5 Å². The second-order valence-electron chi connectivity index (χ2n) is 5.77. The number of aryl methyl sites for hydroxylation is 1. The molecule has 3 heteroatoms. The molecule has 0 aliphatic carbocycles. The Bertz CT molecular complexity index is 391. The third-order valence-electron chi connectivity index (χ3n) is 4.46. The molecule has 1 N–H and O–H groups in total. The predicted molar refractivity (Wildman–Crippen MR) is 80.1 cm³/mol. The van der Waals surface area contributed by atoms with Gasteiger partial charge in [0.1, 0.15) is 0 Å². The quantitative estimate of drug-likeness (QED) is 0.883. The van der Waals surface area contributed by atoms with E-state index >= 15 is 0 Å². The lowest BCUT2D eigenvalue weighted by atomic mass is 9.91. The van der Waals surface area contributed by atoms with E-state index in [9.17, 15) is 0 Å². The highest BCUT2D eigenvalue weighted by atomic mass is 15.1. The molecule has 1 fully saturated rings. The lowest BCUT2D eigenvalue weighted by Crippen LogP contribution is -2.44. The first-order valence-corrected chi connectivity index (χ1v) is 7.56. The van der Waals surface area contributed by atoms with Gasteiger partial charge in [0, 0.05) is 31.5 Å². The van der Waals surface area contributed by atoms with Crippen LogP contribution in [0, 0.1) is 12.8 Å². The zero-order valence-corrected chi connectivity index (χ0v) is 12.5. The standard InChI is InChI=1S/C16H27N3/c1-4-19-9-5-6-15(12-19)14(3)18-11-16-10-17-8-7-13(16)2/h7-8,10,14-15,18H,4-6,9,11-12H2,1-3H3. The summed E-state index contributed by atoms with van der Waals surface area (Å²) >= 11 is 0. The van der Waals surface area contributed by atoms with Crippen LogP contribution in [0.1, 0.15) is 37.8 Å². The van der Waals surface area contributed by atoms with E-state index in [2.05, 4.69) is 42.0 Å². The number of nitrogens with one attached hydrogen (secondary N) is 1. The number of rotatable bonds is 5. The number of hydrogen-bond donors (Lipinski definition) is 1. The Labute approximate surface area is 117 Å². The summed E-state index contributed by atoms with van der Waals surface area (Å²) in [5.74, 6) is 0.783. The second kappa shape index (κ2) is 7.01. The van der Waals surface area contributed by atoms with Gasteiger partial charge in [-0.1, -0.05) is 6.92 Å². The minimum Gasteiger partial charge on any atom is -0.310 e. The minimum atomic E-state index is 0.578. The van der Waals surface area contributed by atoms with Crippen LogP contribution in [0.2, 0.25) is 0 Å². The molecule has 2 atom stereocenters. The average Bonchev–Trinajstić information content (AvgIpc) is 2.46.